The van der Waals surface area contributed by atoms with Crippen molar-refractivity contribution in [2.75, 3.05) is 24.6 Å². The number of rotatable bonds is 8. The molecule has 0 amide bonds. The van der Waals surface area contributed by atoms with Gasteiger partial charge in [0, 0.05) is 12.2 Å². The summed E-state index contributed by atoms with van der Waals surface area (Å²) in [5.74, 6) is 0.957. The molecule has 0 bridgehead atoms. The highest BCUT2D eigenvalue weighted by Crippen LogP contribution is 2.15. The molecule has 2 aromatic rings. The number of nitrogens with zero attached hydrogens (tertiary/aromatic N) is 1. The van der Waals surface area contributed by atoms with Crippen molar-refractivity contribution in [3.05, 3.63) is 60.2 Å². The molecule has 0 aliphatic heterocycles. The van der Waals surface area contributed by atoms with Gasteiger partial charge in [0.1, 0.15) is 12.4 Å². The Hall–Kier alpha value is -1.96. The maximum absolute atomic E-state index is 5.88. The van der Waals surface area contributed by atoms with Crippen LogP contribution in [0.5, 0.6) is 5.75 Å². The van der Waals surface area contributed by atoms with Crippen LogP contribution in [0.1, 0.15) is 25.3 Å². The quantitative estimate of drug-likeness (QED) is 0.697. The zero-order valence-electron chi connectivity index (χ0n) is 13.1. The molecule has 21 heavy (non-hydrogen) atoms. The van der Waals surface area contributed by atoms with Crippen molar-refractivity contribution >= 4 is 5.69 Å². The summed E-state index contributed by atoms with van der Waals surface area (Å²) in [6.07, 6.45) is 2.42. The fourth-order valence-electron chi connectivity index (χ4n) is 2.34. The van der Waals surface area contributed by atoms with E-state index in [-0.39, 0.29) is 0 Å². The van der Waals surface area contributed by atoms with Gasteiger partial charge in [-0.1, -0.05) is 43.7 Å². The first-order valence-electron chi connectivity index (χ1n) is 7.79. The molecule has 112 valence electrons. The van der Waals surface area contributed by atoms with Crippen LogP contribution in [0.3, 0.4) is 0 Å². The largest absolute Gasteiger partial charge is 0.492 e. The molecule has 0 radical (unpaired) electrons. The minimum Gasteiger partial charge on any atom is -0.492 e. The zero-order valence-corrected chi connectivity index (χ0v) is 13.1. The molecule has 0 heterocycles. The number of para-hydroxylation sites is 1. The summed E-state index contributed by atoms with van der Waals surface area (Å²) >= 11 is 0. The van der Waals surface area contributed by atoms with E-state index in [1.165, 1.54) is 24.1 Å². The highest BCUT2D eigenvalue weighted by molar-refractivity contribution is 5.45. The molecule has 0 spiro atoms. The topological polar surface area (TPSA) is 12.5 Å². The second-order valence-corrected chi connectivity index (χ2v) is 5.34. The Kier molecular flexibility index (Phi) is 6.14. The van der Waals surface area contributed by atoms with E-state index < -0.39 is 0 Å². The second kappa shape index (κ2) is 8.35. The summed E-state index contributed by atoms with van der Waals surface area (Å²) in [7, 11) is 0. The van der Waals surface area contributed by atoms with Gasteiger partial charge in [-0.15, -0.1) is 0 Å². The molecule has 0 aromatic heterocycles. The third kappa shape index (κ3) is 5.14. The van der Waals surface area contributed by atoms with E-state index in [1.807, 2.05) is 12.1 Å². The Morgan fingerprint density at radius 1 is 0.952 bits per heavy atom. The first-order valence-corrected chi connectivity index (χ1v) is 7.79. The highest BCUT2D eigenvalue weighted by Gasteiger charge is 2.05. The number of benzene rings is 2. The lowest BCUT2D eigenvalue weighted by Crippen LogP contribution is -2.29. The minimum atomic E-state index is 0.710. The lowest BCUT2D eigenvalue weighted by atomic mass is 10.2. The fourth-order valence-corrected chi connectivity index (χ4v) is 2.34. The van der Waals surface area contributed by atoms with Crippen LogP contribution < -0.4 is 9.64 Å². The van der Waals surface area contributed by atoms with Gasteiger partial charge in [0.05, 0.1) is 6.54 Å². The van der Waals surface area contributed by atoms with Crippen LogP contribution in [0, 0.1) is 6.92 Å². The maximum atomic E-state index is 5.88. The standard InChI is InChI=1S/C19H25NO/c1-3-4-13-20(18-10-6-5-7-11-18)14-15-21-19-12-8-9-17(2)16-19/h5-12,16H,3-4,13-15H2,1-2H3. The molecule has 0 aliphatic carbocycles. The van der Waals surface area contributed by atoms with Crippen LogP contribution in [0.4, 0.5) is 5.69 Å². The first kappa shape index (κ1) is 15.4. The van der Waals surface area contributed by atoms with E-state index >= 15 is 0 Å². The predicted octanol–water partition coefficient (Wildman–Crippen LogP) is 4.68. The van der Waals surface area contributed by atoms with Gasteiger partial charge in [0.15, 0.2) is 0 Å². The Morgan fingerprint density at radius 3 is 2.48 bits per heavy atom. The van der Waals surface area contributed by atoms with E-state index in [4.69, 9.17) is 4.74 Å². The van der Waals surface area contributed by atoms with Crippen molar-refractivity contribution in [3.63, 3.8) is 0 Å². The van der Waals surface area contributed by atoms with Crippen LogP contribution in [0.15, 0.2) is 54.6 Å². The summed E-state index contributed by atoms with van der Waals surface area (Å²) < 4.78 is 5.88. The smallest absolute Gasteiger partial charge is 0.119 e. The van der Waals surface area contributed by atoms with Gasteiger partial charge < -0.3 is 9.64 Å². The third-order valence-corrected chi connectivity index (χ3v) is 3.52. The number of ether oxygens (including phenoxy) is 1. The Balaban J connectivity index is 1.90. The molecule has 0 saturated carbocycles. The molecule has 0 unspecified atom stereocenters. The Labute approximate surface area is 128 Å². The number of unbranched alkanes of at least 4 members (excludes halogenated alkanes) is 1. The number of aryl methyl sites for hydroxylation is 1. The zero-order chi connectivity index (χ0) is 14.9. The average Bonchev–Trinajstić information content (AvgIpc) is 2.51. The lowest BCUT2D eigenvalue weighted by Gasteiger charge is -2.24. The molecule has 0 N–H and O–H groups in total. The molecule has 0 aliphatic rings. The van der Waals surface area contributed by atoms with Gasteiger partial charge in [0.2, 0.25) is 0 Å². The Bertz CT molecular complexity index is 524. The molecule has 2 nitrogen and oxygen atoms in total. The van der Waals surface area contributed by atoms with Crippen LogP contribution in [-0.4, -0.2) is 19.7 Å². The highest BCUT2D eigenvalue weighted by atomic mass is 16.5. The van der Waals surface area contributed by atoms with Crippen LogP contribution in [-0.2, 0) is 0 Å². The molecule has 2 rings (SSSR count). The fraction of sp³-hybridized carbons (Fsp3) is 0.368. The van der Waals surface area contributed by atoms with Gasteiger partial charge in [-0.05, 0) is 43.2 Å². The maximum Gasteiger partial charge on any atom is 0.119 e. The van der Waals surface area contributed by atoms with Gasteiger partial charge in [-0.2, -0.15) is 0 Å². The Morgan fingerprint density at radius 2 is 1.76 bits per heavy atom. The average molecular weight is 283 g/mol. The van der Waals surface area contributed by atoms with Crippen LogP contribution in [0.2, 0.25) is 0 Å². The number of hydrogen-bond acceptors (Lipinski definition) is 2. The monoisotopic (exact) mass is 283 g/mol. The van der Waals surface area contributed by atoms with Crippen molar-refractivity contribution in [2.24, 2.45) is 0 Å². The van der Waals surface area contributed by atoms with Crippen LogP contribution >= 0.6 is 0 Å². The van der Waals surface area contributed by atoms with Crippen molar-refractivity contribution in [1.82, 2.24) is 0 Å². The van der Waals surface area contributed by atoms with Gasteiger partial charge in [-0.25, -0.2) is 0 Å². The van der Waals surface area contributed by atoms with Gasteiger partial charge >= 0.3 is 0 Å². The van der Waals surface area contributed by atoms with Crippen molar-refractivity contribution < 1.29 is 4.74 Å². The predicted molar refractivity (Wildman–Crippen MR) is 90.2 cm³/mol. The van der Waals surface area contributed by atoms with Crippen molar-refractivity contribution in [2.45, 2.75) is 26.7 Å². The summed E-state index contributed by atoms with van der Waals surface area (Å²) in [6.45, 7) is 7.02. The van der Waals surface area contributed by atoms with E-state index in [2.05, 4.69) is 61.2 Å². The SMILES string of the molecule is CCCCN(CCOc1cccc(C)c1)c1ccccc1. The van der Waals surface area contributed by atoms with Crippen LogP contribution in [0.25, 0.3) is 0 Å². The number of hydrogen-bond donors (Lipinski definition) is 0. The van der Waals surface area contributed by atoms with E-state index in [0.29, 0.717) is 6.61 Å². The molecule has 0 fully saturated rings. The summed E-state index contributed by atoms with van der Waals surface area (Å²) in [5.41, 5.74) is 2.51. The van der Waals surface area contributed by atoms with E-state index in [0.717, 1.165) is 18.8 Å². The van der Waals surface area contributed by atoms with E-state index in [9.17, 15) is 0 Å². The molecule has 0 saturated heterocycles. The summed E-state index contributed by atoms with van der Waals surface area (Å²) in [4.78, 5) is 2.40. The molecule has 2 heteroatoms. The first-order chi connectivity index (χ1) is 10.3. The molecular formula is C19H25NO. The second-order valence-electron chi connectivity index (χ2n) is 5.34. The normalized spacial score (nSPS) is 10.4. The summed E-state index contributed by atoms with van der Waals surface area (Å²) in [6, 6.07) is 18.8. The lowest BCUT2D eigenvalue weighted by molar-refractivity contribution is 0.323. The summed E-state index contributed by atoms with van der Waals surface area (Å²) in [5, 5.41) is 0. The number of anilines is 1. The molecule has 0 atom stereocenters. The third-order valence-electron chi connectivity index (χ3n) is 3.52. The molecule has 2 aromatic carbocycles. The van der Waals surface area contributed by atoms with Gasteiger partial charge in [-0.3, -0.25) is 0 Å². The van der Waals surface area contributed by atoms with Crippen molar-refractivity contribution in [3.8, 4) is 5.75 Å². The van der Waals surface area contributed by atoms with E-state index in [1.54, 1.807) is 0 Å². The minimum absolute atomic E-state index is 0.710. The van der Waals surface area contributed by atoms with Crippen molar-refractivity contribution in [1.29, 1.82) is 0 Å². The molecular weight excluding hydrogens is 258 g/mol. The van der Waals surface area contributed by atoms with Gasteiger partial charge in [0.25, 0.3) is 0 Å².